The summed E-state index contributed by atoms with van der Waals surface area (Å²) in [5.41, 5.74) is 1.02. The van der Waals surface area contributed by atoms with E-state index in [-0.39, 0.29) is 16.4 Å². The number of methoxy groups -OCH3 is 1. The largest absolute Gasteiger partial charge is 0.497 e. The van der Waals surface area contributed by atoms with Gasteiger partial charge in [0.05, 0.1) is 12.4 Å². The van der Waals surface area contributed by atoms with Crippen LogP contribution in [0.1, 0.15) is 5.56 Å². The Hall–Kier alpha value is -1.49. The first kappa shape index (κ1) is 11.0. The van der Waals surface area contributed by atoms with Gasteiger partial charge in [0.25, 0.3) is 5.24 Å². The zero-order valence-electron chi connectivity index (χ0n) is 8.73. The van der Waals surface area contributed by atoms with E-state index in [0.29, 0.717) is 6.42 Å². The highest BCUT2D eigenvalue weighted by Gasteiger charge is 2.31. The molecule has 2 rings (SSSR count). The molecule has 1 N–H and O–H groups in total. The van der Waals surface area contributed by atoms with Crippen molar-refractivity contribution in [3.05, 3.63) is 29.8 Å². The monoisotopic (exact) mass is 237 g/mol. The van der Waals surface area contributed by atoms with Crippen LogP contribution in [0.4, 0.5) is 4.79 Å². The van der Waals surface area contributed by atoms with Gasteiger partial charge < -0.3 is 4.74 Å². The lowest BCUT2D eigenvalue weighted by Crippen LogP contribution is -2.25. The fourth-order valence-corrected chi connectivity index (χ4v) is 2.36. The van der Waals surface area contributed by atoms with Crippen LogP contribution in [0.15, 0.2) is 24.3 Å². The van der Waals surface area contributed by atoms with Crippen LogP contribution in [0.3, 0.4) is 0 Å². The van der Waals surface area contributed by atoms with E-state index in [2.05, 4.69) is 5.32 Å². The molecule has 1 saturated heterocycles. The smallest absolute Gasteiger partial charge is 0.286 e. The summed E-state index contributed by atoms with van der Waals surface area (Å²) in [5, 5.41) is 1.70. The molecule has 0 saturated carbocycles. The van der Waals surface area contributed by atoms with Crippen LogP contribution in [-0.4, -0.2) is 23.5 Å². The Morgan fingerprint density at radius 2 is 2.00 bits per heavy atom. The van der Waals surface area contributed by atoms with Gasteiger partial charge in [0.15, 0.2) is 0 Å². The molecule has 0 aliphatic carbocycles. The van der Waals surface area contributed by atoms with Gasteiger partial charge >= 0.3 is 0 Å². The third-order valence-corrected chi connectivity index (χ3v) is 3.33. The van der Waals surface area contributed by atoms with Crippen LogP contribution in [0.5, 0.6) is 5.75 Å². The molecule has 1 heterocycles. The number of thioether (sulfide) groups is 1. The van der Waals surface area contributed by atoms with Crippen LogP contribution < -0.4 is 10.1 Å². The zero-order chi connectivity index (χ0) is 11.5. The molecule has 0 aromatic heterocycles. The molecule has 84 valence electrons. The van der Waals surface area contributed by atoms with E-state index in [1.807, 2.05) is 24.3 Å². The molecule has 2 amide bonds. The molecule has 0 spiro atoms. The number of carbonyl (C=O) groups is 2. The number of imide groups is 1. The minimum atomic E-state index is -0.305. The average molecular weight is 237 g/mol. The lowest BCUT2D eigenvalue weighted by molar-refractivity contribution is -0.118. The predicted octanol–water partition coefficient (Wildman–Crippen LogP) is 1.59. The summed E-state index contributed by atoms with van der Waals surface area (Å²) < 4.78 is 5.04. The molecular weight excluding hydrogens is 226 g/mol. The molecule has 0 radical (unpaired) electrons. The number of benzene rings is 1. The van der Waals surface area contributed by atoms with Crippen molar-refractivity contribution in [1.29, 1.82) is 0 Å². The van der Waals surface area contributed by atoms with Crippen LogP contribution in [0.25, 0.3) is 0 Å². The Morgan fingerprint density at radius 3 is 2.50 bits per heavy atom. The third-order valence-electron chi connectivity index (χ3n) is 2.35. The van der Waals surface area contributed by atoms with Crippen molar-refractivity contribution >= 4 is 22.9 Å². The number of nitrogens with one attached hydrogen (secondary N) is 1. The van der Waals surface area contributed by atoms with E-state index in [1.165, 1.54) is 0 Å². The number of hydrogen-bond donors (Lipinski definition) is 1. The molecule has 0 unspecified atom stereocenters. The first-order chi connectivity index (χ1) is 7.69. The van der Waals surface area contributed by atoms with Crippen LogP contribution in [-0.2, 0) is 11.2 Å². The van der Waals surface area contributed by atoms with Gasteiger partial charge in [-0.2, -0.15) is 0 Å². The highest BCUT2D eigenvalue weighted by molar-refractivity contribution is 8.15. The van der Waals surface area contributed by atoms with Crippen molar-refractivity contribution in [2.24, 2.45) is 0 Å². The number of ether oxygens (including phenoxy) is 1. The predicted molar refractivity (Wildman–Crippen MR) is 61.6 cm³/mol. The van der Waals surface area contributed by atoms with Gasteiger partial charge in [-0.1, -0.05) is 23.9 Å². The summed E-state index contributed by atoms with van der Waals surface area (Å²) >= 11 is 1.05. The van der Waals surface area contributed by atoms with Gasteiger partial charge in [-0.05, 0) is 24.1 Å². The maximum atomic E-state index is 11.3. The molecule has 1 aromatic carbocycles. The fraction of sp³-hybridized carbons (Fsp3) is 0.273. The lowest BCUT2D eigenvalue weighted by atomic mass is 10.1. The summed E-state index contributed by atoms with van der Waals surface area (Å²) in [6, 6.07) is 7.48. The molecular formula is C11H11NO3S. The number of amides is 2. The van der Waals surface area contributed by atoms with Gasteiger partial charge in [0.2, 0.25) is 5.91 Å². The SMILES string of the molecule is COc1ccc(C[C@H]2SC(=O)NC2=O)cc1. The molecule has 1 fully saturated rings. The van der Waals surface area contributed by atoms with Gasteiger partial charge in [-0.25, -0.2) is 0 Å². The van der Waals surface area contributed by atoms with Gasteiger partial charge in [-0.3, -0.25) is 14.9 Å². The topological polar surface area (TPSA) is 55.4 Å². The minimum Gasteiger partial charge on any atom is -0.497 e. The van der Waals surface area contributed by atoms with E-state index < -0.39 is 0 Å². The van der Waals surface area contributed by atoms with E-state index in [0.717, 1.165) is 23.1 Å². The Labute approximate surface area is 97.4 Å². The van der Waals surface area contributed by atoms with Crippen molar-refractivity contribution in [3.8, 4) is 5.75 Å². The standard InChI is InChI=1S/C11H11NO3S/c1-15-8-4-2-7(3-5-8)6-9-10(13)12-11(14)16-9/h2-5,9H,6H2,1H3,(H,12,13,14)/t9-/m1/s1. The van der Waals surface area contributed by atoms with Crippen molar-refractivity contribution in [3.63, 3.8) is 0 Å². The van der Waals surface area contributed by atoms with Crippen molar-refractivity contribution in [2.75, 3.05) is 7.11 Å². The Bertz CT molecular complexity index is 416. The maximum absolute atomic E-state index is 11.3. The Morgan fingerprint density at radius 1 is 1.31 bits per heavy atom. The number of rotatable bonds is 3. The van der Waals surface area contributed by atoms with Crippen LogP contribution in [0.2, 0.25) is 0 Å². The molecule has 1 aliphatic heterocycles. The molecule has 1 atom stereocenters. The van der Waals surface area contributed by atoms with Crippen LogP contribution in [0, 0.1) is 0 Å². The molecule has 5 heteroatoms. The molecule has 1 aromatic rings. The van der Waals surface area contributed by atoms with Crippen molar-refractivity contribution < 1.29 is 14.3 Å². The van der Waals surface area contributed by atoms with Crippen molar-refractivity contribution in [1.82, 2.24) is 5.32 Å². The van der Waals surface area contributed by atoms with Gasteiger partial charge in [0.1, 0.15) is 5.75 Å². The molecule has 4 nitrogen and oxygen atoms in total. The zero-order valence-corrected chi connectivity index (χ0v) is 9.54. The summed E-state index contributed by atoms with van der Waals surface area (Å²) in [4.78, 5) is 22.3. The highest BCUT2D eigenvalue weighted by atomic mass is 32.2. The van der Waals surface area contributed by atoms with Crippen molar-refractivity contribution in [2.45, 2.75) is 11.7 Å². The normalized spacial score (nSPS) is 19.7. The highest BCUT2D eigenvalue weighted by Crippen LogP contribution is 2.23. The summed E-state index contributed by atoms with van der Waals surface area (Å²) in [5.74, 6) is 0.578. The van der Waals surface area contributed by atoms with E-state index >= 15 is 0 Å². The Balaban J connectivity index is 2.03. The second kappa shape index (κ2) is 4.57. The lowest BCUT2D eigenvalue weighted by Gasteiger charge is -2.06. The molecule has 16 heavy (non-hydrogen) atoms. The minimum absolute atomic E-state index is 0.203. The number of hydrogen-bond acceptors (Lipinski definition) is 4. The summed E-state index contributed by atoms with van der Waals surface area (Å²) in [6.07, 6.45) is 0.562. The van der Waals surface area contributed by atoms with E-state index in [9.17, 15) is 9.59 Å². The maximum Gasteiger partial charge on any atom is 0.286 e. The molecule has 0 bridgehead atoms. The summed E-state index contributed by atoms with van der Waals surface area (Å²) in [7, 11) is 1.61. The van der Waals surface area contributed by atoms with Crippen LogP contribution >= 0.6 is 11.8 Å². The van der Waals surface area contributed by atoms with Gasteiger partial charge in [-0.15, -0.1) is 0 Å². The van der Waals surface area contributed by atoms with E-state index in [4.69, 9.17) is 4.74 Å². The van der Waals surface area contributed by atoms with E-state index in [1.54, 1.807) is 7.11 Å². The quantitative estimate of drug-likeness (QED) is 0.867. The first-order valence-corrected chi connectivity index (χ1v) is 5.71. The summed E-state index contributed by atoms with van der Waals surface area (Å²) in [6.45, 7) is 0. The third kappa shape index (κ3) is 2.36. The fourth-order valence-electron chi connectivity index (χ4n) is 1.50. The Kier molecular flexibility index (Phi) is 3.14. The molecule has 1 aliphatic rings. The second-order valence-corrected chi connectivity index (χ2v) is 4.61. The number of carbonyl (C=O) groups excluding carboxylic acids is 2. The van der Waals surface area contributed by atoms with Gasteiger partial charge in [0, 0.05) is 0 Å². The average Bonchev–Trinajstić information content (AvgIpc) is 2.59. The first-order valence-electron chi connectivity index (χ1n) is 4.83. The second-order valence-electron chi connectivity index (χ2n) is 3.44.